The van der Waals surface area contributed by atoms with Gasteiger partial charge in [0.2, 0.25) is 5.91 Å². The predicted molar refractivity (Wildman–Crippen MR) is 145 cm³/mol. The number of guanidine groups is 1. The number of halogens is 1. The zero-order valence-corrected chi connectivity index (χ0v) is 22.5. The Morgan fingerprint density at radius 1 is 1.19 bits per heavy atom. The number of hydrogen-bond acceptors (Lipinski definition) is 4. The molecule has 0 spiro atoms. The van der Waals surface area contributed by atoms with E-state index in [1.165, 1.54) is 11.3 Å². The van der Waals surface area contributed by atoms with Crippen LogP contribution < -0.4 is 16.0 Å². The first-order valence-electron chi connectivity index (χ1n) is 11.4. The van der Waals surface area contributed by atoms with Gasteiger partial charge in [-0.15, -0.1) is 35.3 Å². The third-order valence-electron chi connectivity index (χ3n) is 5.64. The fourth-order valence-electron chi connectivity index (χ4n) is 3.80. The number of benzene rings is 1. The molecule has 1 fully saturated rings. The van der Waals surface area contributed by atoms with E-state index in [9.17, 15) is 4.79 Å². The van der Waals surface area contributed by atoms with Gasteiger partial charge >= 0.3 is 0 Å². The summed E-state index contributed by atoms with van der Waals surface area (Å²) in [6.45, 7) is 8.37. The van der Waals surface area contributed by atoms with Gasteiger partial charge < -0.3 is 16.0 Å². The van der Waals surface area contributed by atoms with Crippen LogP contribution in [-0.4, -0.2) is 29.9 Å². The zero-order valence-electron chi connectivity index (χ0n) is 19.4. The number of thiazole rings is 1. The quantitative estimate of drug-likeness (QED) is 0.232. The molecule has 6 nitrogen and oxygen atoms in total. The largest absolute Gasteiger partial charge is 0.357 e. The Bertz CT molecular complexity index is 873. The lowest BCUT2D eigenvalue weighted by molar-refractivity contribution is -0.120. The summed E-state index contributed by atoms with van der Waals surface area (Å²) in [6.07, 6.45) is 6.47. The second kappa shape index (κ2) is 13.8. The molecule has 1 heterocycles. The van der Waals surface area contributed by atoms with Crippen LogP contribution in [0, 0.1) is 19.8 Å². The number of amides is 1. The van der Waals surface area contributed by atoms with Gasteiger partial charge in [0, 0.05) is 36.0 Å². The van der Waals surface area contributed by atoms with E-state index in [1.807, 2.05) is 24.3 Å². The zero-order chi connectivity index (χ0) is 22.1. The van der Waals surface area contributed by atoms with Crippen molar-refractivity contribution in [2.24, 2.45) is 10.9 Å². The summed E-state index contributed by atoms with van der Waals surface area (Å²) >= 11 is 1.76. The number of rotatable bonds is 8. The highest BCUT2D eigenvalue weighted by atomic mass is 127. The molecule has 1 aliphatic rings. The van der Waals surface area contributed by atoms with Crippen molar-refractivity contribution < 1.29 is 4.79 Å². The Morgan fingerprint density at radius 2 is 1.97 bits per heavy atom. The van der Waals surface area contributed by atoms with Gasteiger partial charge in [0.25, 0.3) is 0 Å². The number of aromatic nitrogens is 1. The third-order valence-corrected chi connectivity index (χ3v) is 6.77. The Balaban J connectivity index is 0.00000363. The number of nitrogens with one attached hydrogen (secondary N) is 3. The van der Waals surface area contributed by atoms with E-state index in [4.69, 9.17) is 4.99 Å². The number of hydrogen-bond donors (Lipinski definition) is 3. The second-order valence-corrected chi connectivity index (χ2v) is 9.43. The molecule has 0 aliphatic heterocycles. The molecule has 3 rings (SSSR count). The summed E-state index contributed by atoms with van der Waals surface area (Å²) in [4.78, 5) is 23.1. The van der Waals surface area contributed by atoms with Crippen LogP contribution in [0.1, 0.15) is 60.2 Å². The molecule has 1 aliphatic carbocycles. The fraction of sp³-hybridized carbons (Fsp3) is 0.542. The monoisotopic (exact) mass is 569 g/mol. The van der Waals surface area contributed by atoms with Crippen molar-refractivity contribution in [3.63, 3.8) is 0 Å². The van der Waals surface area contributed by atoms with E-state index in [-0.39, 0.29) is 35.8 Å². The van der Waals surface area contributed by atoms with Crippen LogP contribution in [0.15, 0.2) is 29.3 Å². The van der Waals surface area contributed by atoms with Gasteiger partial charge in [0.15, 0.2) is 5.96 Å². The van der Waals surface area contributed by atoms with Crippen LogP contribution in [0.2, 0.25) is 0 Å². The van der Waals surface area contributed by atoms with E-state index in [0.717, 1.165) is 73.1 Å². The van der Waals surface area contributed by atoms with Gasteiger partial charge in [-0.2, -0.15) is 0 Å². The minimum atomic E-state index is 0. The first-order valence-corrected chi connectivity index (χ1v) is 12.2. The molecule has 0 atom stereocenters. The van der Waals surface area contributed by atoms with Crippen LogP contribution in [0.25, 0.3) is 0 Å². The Labute approximate surface area is 213 Å². The van der Waals surface area contributed by atoms with Gasteiger partial charge in [0.05, 0.1) is 17.2 Å². The standard InChI is InChI=1S/C24H35N5OS.HI/c1-4-25-24(26-14-13-22-28-17(2)18(3)31-22)27-16-19-9-8-12-21(15-19)29-23(30)20-10-6-5-7-11-20;/h8-9,12,15,20H,4-7,10-11,13-14,16H2,1-3H3,(H,29,30)(H2,25,26,27);1H. The average molecular weight is 570 g/mol. The minimum absolute atomic E-state index is 0. The first kappa shape index (κ1) is 26.6. The molecule has 8 heteroatoms. The number of carbonyl (C=O) groups excluding carboxylic acids is 1. The molecule has 0 unspecified atom stereocenters. The lowest BCUT2D eigenvalue weighted by atomic mass is 9.88. The minimum Gasteiger partial charge on any atom is -0.357 e. The predicted octanol–water partition coefficient (Wildman–Crippen LogP) is 5.19. The summed E-state index contributed by atoms with van der Waals surface area (Å²) in [5.74, 6) is 1.11. The highest BCUT2D eigenvalue weighted by molar-refractivity contribution is 14.0. The van der Waals surface area contributed by atoms with E-state index in [2.05, 4.69) is 41.7 Å². The molecule has 2 aromatic rings. The summed E-state index contributed by atoms with van der Waals surface area (Å²) in [6, 6.07) is 8.00. The van der Waals surface area contributed by atoms with Crippen molar-refractivity contribution in [1.29, 1.82) is 0 Å². The van der Waals surface area contributed by atoms with Gasteiger partial charge in [-0.1, -0.05) is 31.4 Å². The number of aryl methyl sites for hydroxylation is 2. The smallest absolute Gasteiger partial charge is 0.227 e. The van der Waals surface area contributed by atoms with E-state index < -0.39 is 0 Å². The van der Waals surface area contributed by atoms with E-state index >= 15 is 0 Å². The lowest BCUT2D eigenvalue weighted by Gasteiger charge is -2.20. The first-order chi connectivity index (χ1) is 15.0. The molecule has 1 saturated carbocycles. The summed E-state index contributed by atoms with van der Waals surface area (Å²) in [5.41, 5.74) is 3.05. The van der Waals surface area contributed by atoms with Gasteiger partial charge in [-0.05, 0) is 51.3 Å². The van der Waals surface area contributed by atoms with Crippen molar-refractivity contribution in [3.05, 3.63) is 45.4 Å². The topological polar surface area (TPSA) is 78.4 Å². The summed E-state index contributed by atoms with van der Waals surface area (Å²) in [5, 5.41) is 10.9. The third kappa shape index (κ3) is 8.35. The Hall–Kier alpha value is -1.68. The molecule has 1 aromatic heterocycles. The van der Waals surface area contributed by atoms with Crippen LogP contribution >= 0.6 is 35.3 Å². The van der Waals surface area contributed by atoms with Crippen molar-refractivity contribution in [1.82, 2.24) is 15.6 Å². The highest BCUT2D eigenvalue weighted by Crippen LogP contribution is 2.25. The number of carbonyl (C=O) groups is 1. The van der Waals surface area contributed by atoms with Crippen molar-refractivity contribution in [3.8, 4) is 0 Å². The average Bonchev–Trinajstić information content (AvgIpc) is 3.10. The summed E-state index contributed by atoms with van der Waals surface area (Å²) in [7, 11) is 0. The Morgan fingerprint density at radius 3 is 2.66 bits per heavy atom. The van der Waals surface area contributed by atoms with Gasteiger partial charge in [-0.3, -0.25) is 4.79 Å². The molecule has 1 aromatic carbocycles. The van der Waals surface area contributed by atoms with E-state index in [1.54, 1.807) is 11.3 Å². The normalized spacial score (nSPS) is 14.5. The highest BCUT2D eigenvalue weighted by Gasteiger charge is 2.21. The van der Waals surface area contributed by atoms with Crippen LogP contribution in [-0.2, 0) is 17.8 Å². The van der Waals surface area contributed by atoms with Crippen LogP contribution in [0.4, 0.5) is 5.69 Å². The van der Waals surface area contributed by atoms with Gasteiger partial charge in [0.1, 0.15) is 0 Å². The molecule has 176 valence electrons. The van der Waals surface area contributed by atoms with Crippen molar-refractivity contribution in [2.45, 2.75) is 65.8 Å². The van der Waals surface area contributed by atoms with E-state index in [0.29, 0.717) is 6.54 Å². The Kier molecular flexibility index (Phi) is 11.4. The maximum Gasteiger partial charge on any atom is 0.227 e. The van der Waals surface area contributed by atoms with Crippen LogP contribution in [0.5, 0.6) is 0 Å². The van der Waals surface area contributed by atoms with Crippen molar-refractivity contribution >= 4 is 52.9 Å². The fourth-order valence-corrected chi connectivity index (χ4v) is 4.74. The molecule has 3 N–H and O–H groups in total. The molecule has 0 saturated heterocycles. The van der Waals surface area contributed by atoms with Gasteiger partial charge in [-0.25, -0.2) is 9.98 Å². The number of anilines is 1. The maximum atomic E-state index is 12.5. The lowest BCUT2D eigenvalue weighted by Crippen LogP contribution is -2.38. The van der Waals surface area contributed by atoms with Crippen LogP contribution in [0.3, 0.4) is 0 Å². The second-order valence-electron chi connectivity index (χ2n) is 8.15. The molecule has 0 bridgehead atoms. The number of nitrogens with zero attached hydrogens (tertiary/aromatic N) is 2. The number of aliphatic imine (C=N–C) groups is 1. The molecular weight excluding hydrogens is 533 g/mol. The summed E-state index contributed by atoms with van der Waals surface area (Å²) < 4.78 is 0. The molecule has 0 radical (unpaired) electrons. The van der Waals surface area contributed by atoms with Crippen molar-refractivity contribution in [2.75, 3.05) is 18.4 Å². The molecule has 1 amide bonds. The maximum absolute atomic E-state index is 12.5. The molecular formula is C24H36IN5OS. The SMILES string of the molecule is CCNC(=NCc1cccc(NC(=O)C2CCCCC2)c1)NCCc1nc(C)c(C)s1.I. The molecule has 32 heavy (non-hydrogen) atoms.